The Morgan fingerprint density at radius 3 is 2.43 bits per heavy atom. The van der Waals surface area contributed by atoms with Crippen LogP contribution in [-0.2, 0) is 21.0 Å². The predicted octanol–water partition coefficient (Wildman–Crippen LogP) is 4.56. The van der Waals surface area contributed by atoms with Crippen LogP contribution >= 0.6 is 0 Å². The van der Waals surface area contributed by atoms with Crippen molar-refractivity contribution in [2.45, 2.75) is 36.5 Å². The molecule has 35 heavy (non-hydrogen) atoms. The first-order chi connectivity index (χ1) is 16.5. The molecule has 0 aliphatic rings. The molecular formula is C25H26FN3O4S2. The van der Waals surface area contributed by atoms with Gasteiger partial charge in [-0.2, -0.15) is 0 Å². The molecule has 0 aliphatic heterocycles. The number of nitrogens with zero attached hydrogens (tertiary/aromatic N) is 2. The number of fused-ring (bicyclic) bond motifs is 1. The quantitative estimate of drug-likeness (QED) is 0.390. The average molecular weight is 516 g/mol. The van der Waals surface area contributed by atoms with Crippen molar-refractivity contribution in [3.63, 3.8) is 0 Å². The van der Waals surface area contributed by atoms with Gasteiger partial charge in [0.25, 0.3) is 10.0 Å². The Bertz CT molecular complexity index is 1500. The Kier molecular flexibility index (Phi) is 6.81. The summed E-state index contributed by atoms with van der Waals surface area (Å²) in [7, 11) is -4.33. The highest BCUT2D eigenvalue weighted by molar-refractivity contribution is 7.90. The molecule has 2 atom stereocenters. The lowest BCUT2D eigenvalue weighted by Gasteiger charge is -2.26. The Labute approximate surface area is 206 Å². The SMILES string of the molecule is COc1ccc(F)cc1[C@H](NS(=O)C(C)(C)C)c1cc2cccnc2n1S(=O)(=O)c1ccccc1. The van der Waals surface area contributed by atoms with Crippen LogP contribution in [0.4, 0.5) is 4.39 Å². The van der Waals surface area contributed by atoms with Crippen LogP contribution in [0.2, 0.25) is 0 Å². The van der Waals surface area contributed by atoms with Gasteiger partial charge in [-0.3, -0.25) is 0 Å². The second-order valence-electron chi connectivity index (χ2n) is 8.89. The fourth-order valence-electron chi connectivity index (χ4n) is 3.68. The highest BCUT2D eigenvalue weighted by atomic mass is 32.2. The number of nitrogens with one attached hydrogen (secondary N) is 1. The molecule has 0 saturated carbocycles. The third kappa shape index (κ3) is 4.86. The van der Waals surface area contributed by atoms with Crippen LogP contribution in [0.1, 0.15) is 38.1 Å². The van der Waals surface area contributed by atoms with E-state index in [9.17, 15) is 17.0 Å². The number of ether oxygens (including phenoxy) is 1. The number of hydrogen-bond acceptors (Lipinski definition) is 5. The second kappa shape index (κ2) is 9.52. The molecule has 10 heteroatoms. The zero-order chi connectivity index (χ0) is 25.4. The van der Waals surface area contributed by atoms with Crippen LogP contribution in [0.15, 0.2) is 77.8 Å². The minimum Gasteiger partial charge on any atom is -0.496 e. The van der Waals surface area contributed by atoms with E-state index in [1.165, 1.54) is 43.6 Å². The van der Waals surface area contributed by atoms with Crippen LogP contribution in [0, 0.1) is 5.82 Å². The summed E-state index contributed by atoms with van der Waals surface area (Å²) in [4.78, 5) is 4.39. The lowest BCUT2D eigenvalue weighted by molar-refractivity contribution is 0.404. The molecule has 2 aromatic heterocycles. The van der Waals surface area contributed by atoms with Crippen molar-refractivity contribution in [3.05, 3.63) is 90.0 Å². The van der Waals surface area contributed by atoms with Crippen molar-refractivity contribution >= 4 is 32.0 Å². The molecule has 0 radical (unpaired) electrons. The number of rotatable bonds is 7. The van der Waals surface area contributed by atoms with E-state index in [1.807, 2.05) is 0 Å². The molecule has 1 unspecified atom stereocenters. The fraction of sp³-hybridized carbons (Fsp3) is 0.240. The zero-order valence-electron chi connectivity index (χ0n) is 19.7. The van der Waals surface area contributed by atoms with Crippen LogP contribution in [0.25, 0.3) is 11.0 Å². The monoisotopic (exact) mass is 515 g/mol. The molecule has 1 N–H and O–H groups in total. The molecule has 0 bridgehead atoms. The van der Waals surface area contributed by atoms with Gasteiger partial charge in [-0.25, -0.2) is 30.7 Å². The van der Waals surface area contributed by atoms with Crippen molar-refractivity contribution in [2.75, 3.05) is 7.11 Å². The molecule has 0 saturated heterocycles. The molecule has 4 aromatic rings. The molecule has 0 spiro atoms. The molecule has 0 amide bonds. The minimum absolute atomic E-state index is 0.0614. The Balaban J connectivity index is 2.05. The molecule has 2 aromatic carbocycles. The highest BCUT2D eigenvalue weighted by Crippen LogP contribution is 2.36. The molecule has 0 aliphatic carbocycles. The Morgan fingerprint density at radius 2 is 1.77 bits per heavy atom. The van der Waals surface area contributed by atoms with E-state index in [-0.39, 0.29) is 16.2 Å². The maximum absolute atomic E-state index is 14.4. The highest BCUT2D eigenvalue weighted by Gasteiger charge is 2.33. The van der Waals surface area contributed by atoms with Gasteiger partial charge in [0, 0.05) is 17.1 Å². The number of aromatic nitrogens is 2. The number of hydrogen-bond donors (Lipinski definition) is 1. The summed E-state index contributed by atoms with van der Waals surface area (Å²) < 4.78 is 64.4. The summed E-state index contributed by atoms with van der Waals surface area (Å²) in [6.45, 7) is 5.36. The molecular weight excluding hydrogens is 489 g/mol. The summed E-state index contributed by atoms with van der Waals surface area (Å²) in [5, 5.41) is 0.561. The van der Waals surface area contributed by atoms with Gasteiger partial charge in [0.2, 0.25) is 0 Å². The van der Waals surface area contributed by atoms with Gasteiger partial charge in [-0.05, 0) is 69.3 Å². The number of pyridine rings is 1. The van der Waals surface area contributed by atoms with E-state index in [4.69, 9.17) is 4.74 Å². The van der Waals surface area contributed by atoms with Crippen molar-refractivity contribution in [3.8, 4) is 5.75 Å². The van der Waals surface area contributed by atoms with Crippen LogP contribution in [0.5, 0.6) is 5.75 Å². The van der Waals surface area contributed by atoms with Crippen molar-refractivity contribution in [1.29, 1.82) is 0 Å². The standard InChI is InChI=1S/C25H26FN3O4S2/c1-25(2,3)34(30)28-23(20-16-18(26)12-13-22(20)33-4)21-15-17-9-8-14-27-24(17)29(21)35(31,32)19-10-6-5-7-11-19/h5-16,23,28H,1-4H3/t23-,34?/m0/s1. The van der Waals surface area contributed by atoms with E-state index in [1.54, 1.807) is 57.2 Å². The van der Waals surface area contributed by atoms with Crippen LogP contribution in [-0.4, -0.2) is 33.4 Å². The first kappa shape index (κ1) is 25.0. The van der Waals surface area contributed by atoms with Gasteiger partial charge in [0.05, 0.1) is 39.5 Å². The molecule has 4 rings (SSSR count). The van der Waals surface area contributed by atoms with Crippen molar-refractivity contribution in [2.24, 2.45) is 0 Å². The van der Waals surface area contributed by atoms with Crippen LogP contribution in [0.3, 0.4) is 0 Å². The maximum atomic E-state index is 14.4. The van der Waals surface area contributed by atoms with Gasteiger partial charge in [-0.15, -0.1) is 0 Å². The topological polar surface area (TPSA) is 90.3 Å². The number of benzene rings is 2. The summed E-state index contributed by atoms with van der Waals surface area (Å²) in [5.74, 6) is -0.225. The zero-order valence-corrected chi connectivity index (χ0v) is 21.4. The average Bonchev–Trinajstić information content (AvgIpc) is 3.22. The summed E-state index contributed by atoms with van der Waals surface area (Å²) in [6.07, 6.45) is 1.50. The van der Waals surface area contributed by atoms with E-state index in [0.717, 1.165) is 3.97 Å². The van der Waals surface area contributed by atoms with E-state index in [2.05, 4.69) is 9.71 Å². The smallest absolute Gasteiger partial charge is 0.269 e. The van der Waals surface area contributed by atoms with E-state index < -0.39 is 37.6 Å². The third-order valence-electron chi connectivity index (χ3n) is 5.41. The van der Waals surface area contributed by atoms with E-state index in [0.29, 0.717) is 16.7 Å². The Hall–Kier alpha value is -3.08. The van der Waals surface area contributed by atoms with E-state index >= 15 is 0 Å². The van der Waals surface area contributed by atoms with Crippen molar-refractivity contribution in [1.82, 2.24) is 13.7 Å². The normalized spacial score (nSPS) is 14.1. The van der Waals surface area contributed by atoms with Gasteiger partial charge >= 0.3 is 0 Å². The third-order valence-corrected chi connectivity index (χ3v) is 8.70. The van der Waals surface area contributed by atoms with Gasteiger partial charge in [0.1, 0.15) is 11.6 Å². The summed E-state index contributed by atoms with van der Waals surface area (Å²) in [6, 6.07) is 16.0. The maximum Gasteiger partial charge on any atom is 0.269 e. The summed E-state index contributed by atoms with van der Waals surface area (Å²) >= 11 is 0. The predicted molar refractivity (Wildman–Crippen MR) is 135 cm³/mol. The van der Waals surface area contributed by atoms with Gasteiger partial charge < -0.3 is 4.74 Å². The minimum atomic E-state index is -4.13. The summed E-state index contributed by atoms with van der Waals surface area (Å²) in [5.41, 5.74) is 0.733. The van der Waals surface area contributed by atoms with Gasteiger partial charge in [0.15, 0.2) is 5.65 Å². The fourth-order valence-corrected chi connectivity index (χ4v) is 6.02. The van der Waals surface area contributed by atoms with Crippen molar-refractivity contribution < 1.29 is 21.8 Å². The largest absolute Gasteiger partial charge is 0.496 e. The second-order valence-corrected chi connectivity index (χ2v) is 12.7. The number of halogens is 1. The lowest BCUT2D eigenvalue weighted by atomic mass is 10.0. The first-order valence-electron chi connectivity index (χ1n) is 10.8. The molecule has 0 fully saturated rings. The Morgan fingerprint density at radius 1 is 1.06 bits per heavy atom. The van der Waals surface area contributed by atoms with Crippen LogP contribution < -0.4 is 9.46 Å². The van der Waals surface area contributed by atoms with Gasteiger partial charge in [-0.1, -0.05) is 18.2 Å². The number of methoxy groups -OCH3 is 1. The lowest BCUT2D eigenvalue weighted by Crippen LogP contribution is -2.37. The molecule has 7 nitrogen and oxygen atoms in total. The molecule has 2 heterocycles. The molecule has 184 valence electrons. The first-order valence-corrected chi connectivity index (χ1v) is 13.4.